The number of phenols is 1. The molecule has 2 amide bonds. The van der Waals surface area contributed by atoms with E-state index in [0.29, 0.717) is 18.8 Å². The van der Waals surface area contributed by atoms with Crippen molar-refractivity contribution in [2.45, 2.75) is 25.3 Å². The minimum Gasteiger partial charge on any atom is -0.508 e. The molecule has 2 N–H and O–H groups in total. The summed E-state index contributed by atoms with van der Waals surface area (Å²) in [6, 6.07) is 16.9. The molecule has 2 fully saturated rings. The van der Waals surface area contributed by atoms with Crippen molar-refractivity contribution >= 4 is 17.5 Å². The molecule has 0 aromatic heterocycles. The lowest BCUT2D eigenvalue weighted by Crippen LogP contribution is -2.39. The van der Waals surface area contributed by atoms with Crippen LogP contribution in [0.25, 0.3) is 0 Å². The Labute approximate surface area is 171 Å². The van der Waals surface area contributed by atoms with Crippen molar-refractivity contribution < 1.29 is 14.7 Å². The molecule has 2 atom stereocenters. The van der Waals surface area contributed by atoms with Crippen LogP contribution in [0.15, 0.2) is 54.6 Å². The lowest BCUT2D eigenvalue weighted by atomic mass is 10.0. The van der Waals surface area contributed by atoms with Crippen molar-refractivity contribution in [2.24, 2.45) is 5.92 Å². The van der Waals surface area contributed by atoms with Gasteiger partial charge >= 0.3 is 0 Å². The molecular formula is C23H27N3O3. The quantitative estimate of drug-likeness (QED) is 0.766. The highest BCUT2D eigenvalue weighted by atomic mass is 16.3. The lowest BCUT2D eigenvalue weighted by molar-refractivity contribution is -0.133. The van der Waals surface area contributed by atoms with Crippen LogP contribution in [0, 0.1) is 5.92 Å². The number of nitrogens with one attached hydrogen (secondary N) is 1. The largest absolute Gasteiger partial charge is 0.508 e. The average molecular weight is 393 g/mol. The maximum atomic E-state index is 12.9. The highest BCUT2D eigenvalue weighted by Gasteiger charge is 2.34. The molecule has 152 valence electrons. The second-order valence-corrected chi connectivity index (χ2v) is 7.91. The monoisotopic (exact) mass is 393 g/mol. The summed E-state index contributed by atoms with van der Waals surface area (Å²) < 4.78 is 0. The van der Waals surface area contributed by atoms with Crippen LogP contribution in [0.1, 0.15) is 30.9 Å². The summed E-state index contributed by atoms with van der Waals surface area (Å²) in [6.07, 6.45) is 2.79. The highest BCUT2D eigenvalue weighted by molar-refractivity contribution is 5.93. The van der Waals surface area contributed by atoms with Gasteiger partial charge in [0.1, 0.15) is 5.75 Å². The molecule has 0 aliphatic carbocycles. The minimum absolute atomic E-state index is 0.0334. The number of aromatic hydroxyl groups is 1. The van der Waals surface area contributed by atoms with Crippen molar-refractivity contribution in [1.29, 1.82) is 0 Å². The van der Waals surface area contributed by atoms with Gasteiger partial charge in [-0.1, -0.05) is 30.3 Å². The maximum absolute atomic E-state index is 12.9. The first-order chi connectivity index (χ1) is 14.1. The van der Waals surface area contributed by atoms with E-state index >= 15 is 0 Å². The number of carbonyl (C=O) groups excluding carboxylic acids is 2. The first kappa shape index (κ1) is 19.5. The van der Waals surface area contributed by atoms with Crippen molar-refractivity contribution in [3.05, 3.63) is 60.2 Å². The number of hydrogen-bond acceptors (Lipinski definition) is 4. The predicted molar refractivity (Wildman–Crippen MR) is 111 cm³/mol. The van der Waals surface area contributed by atoms with Gasteiger partial charge in [0.15, 0.2) is 0 Å². The molecule has 6 heteroatoms. The Kier molecular flexibility index (Phi) is 5.81. The third-order valence-electron chi connectivity index (χ3n) is 5.89. The Morgan fingerprint density at radius 3 is 2.52 bits per heavy atom. The molecular weight excluding hydrogens is 366 g/mol. The fraction of sp³-hybridized carbons (Fsp3) is 0.391. The van der Waals surface area contributed by atoms with Crippen LogP contribution in [-0.4, -0.2) is 52.9 Å². The van der Waals surface area contributed by atoms with Gasteiger partial charge in [0.2, 0.25) is 11.8 Å². The maximum Gasteiger partial charge on any atom is 0.237 e. The van der Waals surface area contributed by atoms with Gasteiger partial charge in [0.25, 0.3) is 0 Å². The molecule has 6 nitrogen and oxygen atoms in total. The third kappa shape index (κ3) is 4.59. The van der Waals surface area contributed by atoms with Crippen molar-refractivity contribution in [3.8, 4) is 5.75 Å². The Morgan fingerprint density at radius 2 is 1.76 bits per heavy atom. The molecule has 0 radical (unpaired) electrons. The second kappa shape index (κ2) is 8.66. The Morgan fingerprint density at radius 1 is 1.00 bits per heavy atom. The van der Waals surface area contributed by atoms with Crippen molar-refractivity contribution in [2.75, 3.05) is 31.5 Å². The standard InChI is InChI=1S/C23H27N3O3/c27-20-10-8-19(9-11-20)24-23(29)18-12-14-25(15-18)16-22(28)26-13-4-7-21(26)17-5-2-1-3-6-17/h1-3,5-6,8-11,18,21,27H,4,7,12-16H2,(H,24,29). The number of nitrogens with zero attached hydrogens (tertiary/aromatic N) is 2. The van der Waals surface area contributed by atoms with Gasteiger partial charge in [0, 0.05) is 18.8 Å². The van der Waals surface area contributed by atoms with E-state index in [-0.39, 0.29) is 29.5 Å². The van der Waals surface area contributed by atoms with E-state index in [9.17, 15) is 14.7 Å². The van der Waals surface area contributed by atoms with Gasteiger partial charge in [-0.3, -0.25) is 14.5 Å². The van der Waals surface area contributed by atoms with E-state index in [1.54, 1.807) is 24.3 Å². The molecule has 2 aromatic carbocycles. The smallest absolute Gasteiger partial charge is 0.237 e. The molecule has 2 aliphatic heterocycles. The van der Waals surface area contributed by atoms with Gasteiger partial charge in [-0.05, 0) is 55.6 Å². The predicted octanol–water partition coefficient (Wildman–Crippen LogP) is 3.02. The zero-order valence-electron chi connectivity index (χ0n) is 16.5. The van der Waals surface area contributed by atoms with Crippen molar-refractivity contribution in [1.82, 2.24) is 9.80 Å². The minimum atomic E-state index is -0.125. The summed E-state index contributed by atoms with van der Waals surface area (Å²) in [4.78, 5) is 29.6. The molecule has 0 spiro atoms. The SMILES string of the molecule is O=C(Nc1ccc(O)cc1)C1CCN(CC(=O)N2CCCC2c2ccccc2)C1. The Balaban J connectivity index is 1.31. The summed E-state index contributed by atoms with van der Waals surface area (Å²) in [7, 11) is 0. The number of hydrogen-bond donors (Lipinski definition) is 2. The fourth-order valence-corrected chi connectivity index (χ4v) is 4.35. The number of anilines is 1. The number of benzene rings is 2. The number of amides is 2. The zero-order chi connectivity index (χ0) is 20.2. The van der Waals surface area contributed by atoms with E-state index in [2.05, 4.69) is 22.3 Å². The molecule has 2 aromatic rings. The van der Waals surface area contributed by atoms with E-state index in [1.165, 1.54) is 5.56 Å². The van der Waals surface area contributed by atoms with E-state index in [1.807, 2.05) is 23.1 Å². The fourth-order valence-electron chi connectivity index (χ4n) is 4.35. The molecule has 2 heterocycles. The van der Waals surface area contributed by atoms with Gasteiger partial charge in [-0.25, -0.2) is 0 Å². The van der Waals surface area contributed by atoms with Gasteiger partial charge in [-0.15, -0.1) is 0 Å². The summed E-state index contributed by atoms with van der Waals surface area (Å²) >= 11 is 0. The first-order valence-electron chi connectivity index (χ1n) is 10.3. The molecule has 2 saturated heterocycles. The highest BCUT2D eigenvalue weighted by Crippen LogP contribution is 2.32. The summed E-state index contributed by atoms with van der Waals surface area (Å²) in [5.41, 5.74) is 1.87. The van der Waals surface area contributed by atoms with E-state index < -0.39 is 0 Å². The number of carbonyl (C=O) groups is 2. The molecule has 2 aliphatic rings. The van der Waals surface area contributed by atoms with Crippen LogP contribution < -0.4 is 5.32 Å². The van der Waals surface area contributed by atoms with Crippen LogP contribution in [0.5, 0.6) is 5.75 Å². The van der Waals surface area contributed by atoms with Gasteiger partial charge < -0.3 is 15.3 Å². The summed E-state index contributed by atoms with van der Waals surface area (Å²) in [5, 5.41) is 12.2. The van der Waals surface area contributed by atoms with Crippen molar-refractivity contribution in [3.63, 3.8) is 0 Å². The van der Waals surface area contributed by atoms with Crippen LogP contribution >= 0.6 is 0 Å². The van der Waals surface area contributed by atoms with E-state index in [0.717, 1.165) is 32.4 Å². The second-order valence-electron chi connectivity index (χ2n) is 7.91. The molecule has 0 saturated carbocycles. The Bertz CT molecular complexity index is 853. The van der Waals surface area contributed by atoms with Crippen LogP contribution in [0.4, 0.5) is 5.69 Å². The van der Waals surface area contributed by atoms with Gasteiger partial charge in [-0.2, -0.15) is 0 Å². The molecule has 2 unspecified atom stereocenters. The average Bonchev–Trinajstić information content (AvgIpc) is 3.40. The van der Waals surface area contributed by atoms with Gasteiger partial charge in [0.05, 0.1) is 18.5 Å². The first-order valence-corrected chi connectivity index (χ1v) is 10.3. The lowest BCUT2D eigenvalue weighted by Gasteiger charge is -2.27. The number of rotatable bonds is 5. The Hall–Kier alpha value is -2.86. The van der Waals surface area contributed by atoms with Crippen LogP contribution in [0.3, 0.4) is 0 Å². The van der Waals surface area contributed by atoms with Crippen LogP contribution in [0.2, 0.25) is 0 Å². The zero-order valence-corrected chi connectivity index (χ0v) is 16.5. The summed E-state index contributed by atoms with van der Waals surface area (Å²) in [5.74, 6) is 0.161. The molecule has 29 heavy (non-hydrogen) atoms. The van der Waals surface area contributed by atoms with Crippen LogP contribution in [-0.2, 0) is 9.59 Å². The number of likely N-dealkylation sites (tertiary alicyclic amines) is 2. The van der Waals surface area contributed by atoms with E-state index in [4.69, 9.17) is 0 Å². The molecule has 0 bridgehead atoms. The normalized spacial score (nSPS) is 22.0. The number of phenolic OH excluding ortho intramolecular Hbond substituents is 1. The molecule has 4 rings (SSSR count). The topological polar surface area (TPSA) is 72.9 Å². The third-order valence-corrected chi connectivity index (χ3v) is 5.89. The summed E-state index contributed by atoms with van der Waals surface area (Å²) in [6.45, 7) is 2.52.